The van der Waals surface area contributed by atoms with E-state index in [-0.39, 0.29) is 5.82 Å². The zero-order valence-corrected chi connectivity index (χ0v) is 9.73. The van der Waals surface area contributed by atoms with E-state index in [1.165, 1.54) is 6.07 Å². The van der Waals surface area contributed by atoms with Gasteiger partial charge in [0.2, 0.25) is 0 Å². The Morgan fingerprint density at radius 3 is 2.73 bits per heavy atom. The molecule has 1 rings (SSSR count). The van der Waals surface area contributed by atoms with Gasteiger partial charge in [0.1, 0.15) is 5.82 Å². The van der Waals surface area contributed by atoms with Gasteiger partial charge in [0.15, 0.2) is 0 Å². The number of alkyl halides is 1. The van der Waals surface area contributed by atoms with Gasteiger partial charge in [0.25, 0.3) is 0 Å². The number of nitrogens with one attached hydrogen (secondary N) is 1. The van der Waals surface area contributed by atoms with Crippen LogP contribution in [0.1, 0.15) is 25.3 Å². The Balaban J connectivity index is 2.45. The van der Waals surface area contributed by atoms with Crippen molar-refractivity contribution in [2.75, 3.05) is 5.88 Å². The third-order valence-electron chi connectivity index (χ3n) is 2.49. The van der Waals surface area contributed by atoms with E-state index in [4.69, 9.17) is 11.6 Å². The molecule has 0 aliphatic carbocycles. The third kappa shape index (κ3) is 4.18. The molecule has 0 heterocycles. The number of benzene rings is 1. The van der Waals surface area contributed by atoms with Gasteiger partial charge in [-0.3, -0.25) is 0 Å². The fourth-order valence-corrected chi connectivity index (χ4v) is 1.74. The molecular weight excluding hydrogens is 213 g/mol. The molecule has 0 saturated carbocycles. The first kappa shape index (κ1) is 12.5. The smallest absolute Gasteiger partial charge is 0.127 e. The monoisotopic (exact) mass is 229 g/mol. The maximum absolute atomic E-state index is 13.3. The molecule has 1 unspecified atom stereocenters. The average molecular weight is 230 g/mol. The topological polar surface area (TPSA) is 12.0 Å². The normalized spacial score (nSPS) is 12.7. The molecule has 0 fully saturated rings. The molecule has 0 aromatic heterocycles. The Kier molecular flexibility index (Phi) is 5.66. The van der Waals surface area contributed by atoms with Gasteiger partial charge >= 0.3 is 0 Å². The summed E-state index contributed by atoms with van der Waals surface area (Å²) in [5.41, 5.74) is 0.713. The molecule has 0 radical (unpaired) electrons. The van der Waals surface area contributed by atoms with E-state index in [9.17, 15) is 4.39 Å². The van der Waals surface area contributed by atoms with Gasteiger partial charge in [0, 0.05) is 24.0 Å². The van der Waals surface area contributed by atoms with Gasteiger partial charge < -0.3 is 5.32 Å². The molecule has 0 saturated heterocycles. The Bertz CT molecular complexity index is 291. The lowest BCUT2D eigenvalue weighted by Gasteiger charge is -2.15. The predicted molar refractivity (Wildman–Crippen MR) is 62.7 cm³/mol. The summed E-state index contributed by atoms with van der Waals surface area (Å²) in [7, 11) is 0. The quantitative estimate of drug-likeness (QED) is 0.738. The Morgan fingerprint density at radius 2 is 2.13 bits per heavy atom. The summed E-state index contributed by atoms with van der Waals surface area (Å²) in [6.45, 7) is 2.67. The van der Waals surface area contributed by atoms with E-state index in [1.807, 2.05) is 6.07 Å². The molecule has 84 valence electrons. The van der Waals surface area contributed by atoms with Crippen molar-refractivity contribution in [3.63, 3.8) is 0 Å². The highest BCUT2D eigenvalue weighted by Crippen LogP contribution is 2.07. The van der Waals surface area contributed by atoms with E-state index in [1.54, 1.807) is 12.1 Å². The third-order valence-corrected chi connectivity index (χ3v) is 2.71. The van der Waals surface area contributed by atoms with Crippen LogP contribution in [0.15, 0.2) is 24.3 Å². The Hall–Kier alpha value is -0.600. The summed E-state index contributed by atoms with van der Waals surface area (Å²) >= 11 is 5.67. The summed E-state index contributed by atoms with van der Waals surface area (Å²) in [5, 5.41) is 3.30. The van der Waals surface area contributed by atoms with Crippen LogP contribution in [0, 0.1) is 5.82 Å². The number of halogens is 2. The van der Waals surface area contributed by atoms with Crippen molar-refractivity contribution >= 4 is 11.6 Å². The van der Waals surface area contributed by atoms with Crippen LogP contribution < -0.4 is 5.32 Å². The molecule has 1 N–H and O–H groups in total. The second-order valence-corrected chi connectivity index (χ2v) is 3.93. The highest BCUT2D eigenvalue weighted by atomic mass is 35.5. The van der Waals surface area contributed by atoms with Gasteiger partial charge in [-0.2, -0.15) is 0 Å². The lowest BCUT2D eigenvalue weighted by Crippen LogP contribution is -2.28. The van der Waals surface area contributed by atoms with Crippen LogP contribution >= 0.6 is 11.6 Å². The zero-order valence-electron chi connectivity index (χ0n) is 8.97. The van der Waals surface area contributed by atoms with Crippen LogP contribution in [-0.4, -0.2) is 11.9 Å². The van der Waals surface area contributed by atoms with Crippen molar-refractivity contribution in [1.82, 2.24) is 5.32 Å². The molecule has 1 aromatic carbocycles. The van der Waals surface area contributed by atoms with Gasteiger partial charge in [0.05, 0.1) is 0 Å². The van der Waals surface area contributed by atoms with Crippen molar-refractivity contribution in [2.24, 2.45) is 0 Å². The first-order valence-corrected chi connectivity index (χ1v) is 5.84. The Morgan fingerprint density at radius 1 is 1.40 bits per heavy atom. The lowest BCUT2D eigenvalue weighted by atomic mass is 10.1. The highest BCUT2D eigenvalue weighted by Gasteiger charge is 2.06. The molecule has 0 aliphatic heterocycles. The van der Waals surface area contributed by atoms with Crippen molar-refractivity contribution in [2.45, 2.75) is 32.4 Å². The van der Waals surface area contributed by atoms with Crippen molar-refractivity contribution in [3.8, 4) is 0 Å². The fourth-order valence-electron chi connectivity index (χ4n) is 1.48. The summed E-state index contributed by atoms with van der Waals surface area (Å²) in [6, 6.07) is 7.22. The summed E-state index contributed by atoms with van der Waals surface area (Å²) in [5.74, 6) is 0.494. The molecule has 15 heavy (non-hydrogen) atoms. The minimum atomic E-state index is -0.147. The van der Waals surface area contributed by atoms with Crippen molar-refractivity contribution in [3.05, 3.63) is 35.6 Å². The fraction of sp³-hybridized carbons (Fsp3) is 0.500. The van der Waals surface area contributed by atoms with E-state index in [0.717, 1.165) is 12.8 Å². The maximum Gasteiger partial charge on any atom is 0.127 e. The maximum atomic E-state index is 13.3. The van der Waals surface area contributed by atoms with E-state index >= 15 is 0 Å². The average Bonchev–Trinajstić information content (AvgIpc) is 2.26. The number of hydrogen-bond donors (Lipinski definition) is 1. The van der Waals surface area contributed by atoms with Gasteiger partial charge in [-0.1, -0.05) is 25.1 Å². The van der Waals surface area contributed by atoms with Crippen molar-refractivity contribution < 1.29 is 4.39 Å². The zero-order chi connectivity index (χ0) is 11.1. The molecule has 0 aliphatic rings. The number of hydrogen-bond acceptors (Lipinski definition) is 1. The summed E-state index contributed by atoms with van der Waals surface area (Å²) < 4.78 is 13.3. The van der Waals surface area contributed by atoms with Crippen LogP contribution in [0.25, 0.3) is 0 Å². The van der Waals surface area contributed by atoms with Gasteiger partial charge in [-0.05, 0) is 18.9 Å². The predicted octanol–water partition coefficient (Wildman–Crippen LogP) is 3.32. The molecule has 1 nitrogen and oxygen atoms in total. The first-order chi connectivity index (χ1) is 7.27. The first-order valence-electron chi connectivity index (χ1n) is 5.30. The Labute approximate surface area is 95.6 Å². The standard InChI is InChI=1S/C12H17ClFN/c1-2-11(7-8-13)15-9-10-5-3-4-6-12(10)14/h3-6,11,15H,2,7-9H2,1H3. The molecule has 0 amide bonds. The highest BCUT2D eigenvalue weighted by molar-refractivity contribution is 6.17. The molecule has 0 bridgehead atoms. The summed E-state index contributed by atoms with van der Waals surface area (Å²) in [4.78, 5) is 0. The van der Waals surface area contributed by atoms with Gasteiger partial charge in [-0.15, -0.1) is 11.6 Å². The summed E-state index contributed by atoms with van der Waals surface area (Å²) in [6.07, 6.45) is 1.94. The SMILES string of the molecule is CCC(CCCl)NCc1ccccc1F. The minimum absolute atomic E-state index is 0.147. The molecule has 1 aromatic rings. The number of rotatable bonds is 6. The molecular formula is C12H17ClFN. The molecule has 1 atom stereocenters. The van der Waals surface area contributed by atoms with Crippen LogP contribution in [-0.2, 0) is 6.54 Å². The molecule has 3 heteroatoms. The van der Waals surface area contributed by atoms with E-state index in [2.05, 4.69) is 12.2 Å². The second kappa shape index (κ2) is 6.81. The van der Waals surface area contributed by atoms with E-state index in [0.29, 0.717) is 24.0 Å². The van der Waals surface area contributed by atoms with Crippen LogP contribution in [0.2, 0.25) is 0 Å². The van der Waals surface area contributed by atoms with Crippen molar-refractivity contribution in [1.29, 1.82) is 0 Å². The van der Waals surface area contributed by atoms with Crippen LogP contribution in [0.4, 0.5) is 4.39 Å². The van der Waals surface area contributed by atoms with Crippen LogP contribution in [0.3, 0.4) is 0 Å². The van der Waals surface area contributed by atoms with Gasteiger partial charge in [-0.25, -0.2) is 4.39 Å². The largest absolute Gasteiger partial charge is 0.310 e. The van der Waals surface area contributed by atoms with Crippen LogP contribution in [0.5, 0.6) is 0 Å². The minimum Gasteiger partial charge on any atom is -0.310 e. The molecule has 0 spiro atoms. The van der Waals surface area contributed by atoms with E-state index < -0.39 is 0 Å². The lowest BCUT2D eigenvalue weighted by molar-refractivity contribution is 0.476. The second-order valence-electron chi connectivity index (χ2n) is 3.56.